The van der Waals surface area contributed by atoms with Crippen molar-refractivity contribution in [1.82, 2.24) is 29.9 Å². The Morgan fingerprint density at radius 2 is 1.89 bits per heavy atom. The highest BCUT2D eigenvalue weighted by Gasteiger charge is 2.23. The lowest BCUT2D eigenvalue weighted by Crippen LogP contribution is -2.39. The van der Waals surface area contributed by atoms with Gasteiger partial charge in [-0.05, 0) is 23.8 Å². The van der Waals surface area contributed by atoms with Crippen LogP contribution in [0.25, 0.3) is 16.9 Å². The maximum atomic E-state index is 13.3. The SMILES string of the molecule is COC(=O)CCNC(=O)[C@H](Cc1ccccc1)n1cnc(-c2cc(Cl)ccc2-n2cc(Cl)nn2)cc1=O. The third kappa shape index (κ3) is 6.41. The molecule has 0 radical (unpaired) electrons. The number of nitrogens with one attached hydrogen (secondary N) is 1. The molecule has 1 atom stereocenters. The Morgan fingerprint density at radius 1 is 1.11 bits per heavy atom. The predicted octanol–water partition coefficient (Wildman–Crippen LogP) is 3.26. The number of hydrogen-bond acceptors (Lipinski definition) is 7. The Kier molecular flexibility index (Phi) is 8.32. The first kappa shape index (κ1) is 26.1. The topological polar surface area (TPSA) is 121 Å². The molecule has 10 nitrogen and oxygen atoms in total. The molecule has 37 heavy (non-hydrogen) atoms. The second kappa shape index (κ2) is 11.8. The minimum absolute atomic E-state index is 0.0101. The first-order valence-corrected chi connectivity index (χ1v) is 12.0. The van der Waals surface area contributed by atoms with Crippen LogP contribution in [0, 0.1) is 0 Å². The van der Waals surface area contributed by atoms with Crippen LogP contribution in [0.2, 0.25) is 10.2 Å². The highest BCUT2D eigenvalue weighted by atomic mass is 35.5. The number of rotatable bonds is 9. The van der Waals surface area contributed by atoms with E-state index in [2.05, 4.69) is 25.3 Å². The highest BCUT2D eigenvalue weighted by molar-refractivity contribution is 6.31. The van der Waals surface area contributed by atoms with Crippen molar-refractivity contribution >= 4 is 35.1 Å². The van der Waals surface area contributed by atoms with Crippen LogP contribution in [0.4, 0.5) is 0 Å². The molecule has 2 aromatic heterocycles. The zero-order valence-electron chi connectivity index (χ0n) is 19.7. The molecule has 1 amide bonds. The van der Waals surface area contributed by atoms with Gasteiger partial charge in [-0.15, -0.1) is 5.10 Å². The molecule has 0 fully saturated rings. The number of carbonyl (C=O) groups is 2. The molecule has 0 aliphatic heterocycles. The Balaban J connectivity index is 1.68. The maximum absolute atomic E-state index is 13.3. The van der Waals surface area contributed by atoms with Crippen molar-refractivity contribution in [3.63, 3.8) is 0 Å². The molecule has 0 aliphatic carbocycles. The number of halogens is 2. The van der Waals surface area contributed by atoms with Gasteiger partial charge < -0.3 is 10.1 Å². The Hall–Kier alpha value is -4.02. The Morgan fingerprint density at radius 3 is 2.57 bits per heavy atom. The van der Waals surface area contributed by atoms with E-state index in [0.29, 0.717) is 22.0 Å². The van der Waals surface area contributed by atoms with Crippen molar-refractivity contribution < 1.29 is 14.3 Å². The molecule has 2 aromatic carbocycles. The van der Waals surface area contributed by atoms with E-state index in [9.17, 15) is 14.4 Å². The standard InChI is InChI=1S/C25H22Cl2N6O4/c1-37-24(35)9-10-28-25(36)21(11-16-5-3-2-4-6-16)32-15-29-19(13-23(32)34)18-12-17(26)7-8-20(18)33-14-22(27)30-31-33/h2-8,12-15,21H,9-11H2,1H3,(H,28,36)/t21-/m0/s1. The van der Waals surface area contributed by atoms with E-state index < -0.39 is 23.5 Å². The van der Waals surface area contributed by atoms with Crippen LogP contribution in [-0.2, 0) is 20.7 Å². The van der Waals surface area contributed by atoms with Crippen LogP contribution in [0.15, 0.2) is 71.9 Å². The Bertz CT molecular complexity index is 1470. The van der Waals surface area contributed by atoms with E-state index >= 15 is 0 Å². The summed E-state index contributed by atoms with van der Waals surface area (Å²) in [6, 6.07) is 14.8. The minimum atomic E-state index is -0.901. The second-order valence-electron chi connectivity index (χ2n) is 7.99. The van der Waals surface area contributed by atoms with E-state index in [0.717, 1.165) is 5.56 Å². The van der Waals surface area contributed by atoms with Crippen molar-refractivity contribution in [2.24, 2.45) is 0 Å². The van der Waals surface area contributed by atoms with E-state index in [4.69, 9.17) is 23.2 Å². The van der Waals surface area contributed by atoms with Crippen LogP contribution < -0.4 is 10.9 Å². The van der Waals surface area contributed by atoms with Gasteiger partial charge in [-0.3, -0.25) is 19.0 Å². The zero-order chi connectivity index (χ0) is 26.4. The van der Waals surface area contributed by atoms with Crippen molar-refractivity contribution in [2.45, 2.75) is 18.9 Å². The summed E-state index contributed by atoms with van der Waals surface area (Å²) >= 11 is 12.2. The molecular formula is C25H22Cl2N6O4. The van der Waals surface area contributed by atoms with E-state index in [-0.39, 0.29) is 24.5 Å². The number of carbonyl (C=O) groups excluding carboxylic acids is 2. The molecule has 1 N–H and O–H groups in total. The van der Waals surface area contributed by atoms with Crippen molar-refractivity contribution in [1.29, 1.82) is 0 Å². The van der Waals surface area contributed by atoms with Crippen LogP contribution in [0.3, 0.4) is 0 Å². The lowest BCUT2D eigenvalue weighted by molar-refractivity contribution is -0.140. The fraction of sp³-hybridized carbons (Fsp3) is 0.200. The number of esters is 1. The summed E-state index contributed by atoms with van der Waals surface area (Å²) < 4.78 is 7.33. The number of methoxy groups -OCH3 is 1. The van der Waals surface area contributed by atoms with Crippen LogP contribution >= 0.6 is 23.2 Å². The zero-order valence-corrected chi connectivity index (χ0v) is 21.2. The summed E-state index contributed by atoms with van der Waals surface area (Å²) in [5.41, 5.74) is 1.83. The molecule has 190 valence electrons. The monoisotopic (exact) mass is 540 g/mol. The molecular weight excluding hydrogens is 519 g/mol. The number of amides is 1. The quantitative estimate of drug-likeness (QED) is 0.323. The van der Waals surface area contributed by atoms with Gasteiger partial charge in [0.2, 0.25) is 5.91 Å². The van der Waals surface area contributed by atoms with Gasteiger partial charge in [0.1, 0.15) is 6.04 Å². The highest BCUT2D eigenvalue weighted by Crippen LogP contribution is 2.28. The molecule has 0 saturated heterocycles. The molecule has 0 aliphatic rings. The summed E-state index contributed by atoms with van der Waals surface area (Å²) in [4.78, 5) is 42.3. The van der Waals surface area contributed by atoms with Crippen LogP contribution in [0.1, 0.15) is 18.0 Å². The molecule has 0 unspecified atom stereocenters. The van der Waals surface area contributed by atoms with Crippen LogP contribution in [-0.4, -0.2) is 50.1 Å². The Labute approximate surface area is 221 Å². The fourth-order valence-corrected chi connectivity index (χ4v) is 4.03. The third-order valence-electron chi connectivity index (χ3n) is 5.55. The van der Waals surface area contributed by atoms with Gasteiger partial charge >= 0.3 is 5.97 Å². The van der Waals surface area contributed by atoms with Gasteiger partial charge in [0.15, 0.2) is 5.15 Å². The molecule has 0 bridgehead atoms. The van der Waals surface area contributed by atoms with Crippen molar-refractivity contribution in [3.8, 4) is 16.9 Å². The van der Waals surface area contributed by atoms with E-state index in [1.165, 1.54) is 34.9 Å². The van der Waals surface area contributed by atoms with E-state index in [1.807, 2.05) is 30.3 Å². The van der Waals surface area contributed by atoms with Gasteiger partial charge in [-0.1, -0.05) is 58.7 Å². The predicted molar refractivity (Wildman–Crippen MR) is 138 cm³/mol. The fourth-order valence-electron chi connectivity index (χ4n) is 3.73. The van der Waals surface area contributed by atoms with Gasteiger partial charge in [0.25, 0.3) is 5.56 Å². The molecule has 2 heterocycles. The molecule has 0 spiro atoms. The lowest BCUT2D eigenvalue weighted by Gasteiger charge is -2.20. The van der Waals surface area contributed by atoms with Gasteiger partial charge in [-0.25, -0.2) is 9.67 Å². The number of benzene rings is 2. The first-order chi connectivity index (χ1) is 17.9. The summed E-state index contributed by atoms with van der Waals surface area (Å²) in [5, 5.41) is 11.1. The normalized spacial score (nSPS) is 11.6. The maximum Gasteiger partial charge on any atom is 0.307 e. The van der Waals surface area contributed by atoms with Gasteiger partial charge in [0, 0.05) is 29.6 Å². The average molecular weight is 541 g/mol. The average Bonchev–Trinajstić information content (AvgIpc) is 3.33. The minimum Gasteiger partial charge on any atom is -0.469 e. The molecule has 4 aromatic rings. The number of aromatic nitrogens is 5. The second-order valence-corrected chi connectivity index (χ2v) is 8.81. The lowest BCUT2D eigenvalue weighted by atomic mass is 10.0. The number of hydrogen-bond donors (Lipinski definition) is 1. The molecule has 0 saturated carbocycles. The first-order valence-electron chi connectivity index (χ1n) is 11.2. The summed E-state index contributed by atoms with van der Waals surface area (Å²) in [6.45, 7) is 0.0728. The van der Waals surface area contributed by atoms with Gasteiger partial charge in [0.05, 0.1) is 37.4 Å². The molecule has 4 rings (SSSR count). The summed E-state index contributed by atoms with van der Waals surface area (Å²) in [5.74, 6) is -0.876. The number of ether oxygens (including phenoxy) is 1. The van der Waals surface area contributed by atoms with Crippen LogP contribution in [0.5, 0.6) is 0 Å². The number of nitrogens with zero attached hydrogens (tertiary/aromatic N) is 5. The molecule has 12 heteroatoms. The van der Waals surface area contributed by atoms with E-state index in [1.54, 1.807) is 18.2 Å². The van der Waals surface area contributed by atoms with Crippen molar-refractivity contribution in [3.05, 3.63) is 93.2 Å². The van der Waals surface area contributed by atoms with Gasteiger partial charge in [-0.2, -0.15) is 0 Å². The smallest absolute Gasteiger partial charge is 0.307 e. The summed E-state index contributed by atoms with van der Waals surface area (Å²) in [7, 11) is 1.28. The summed E-state index contributed by atoms with van der Waals surface area (Å²) in [6.07, 6.45) is 3.09. The third-order valence-corrected chi connectivity index (χ3v) is 5.96. The largest absolute Gasteiger partial charge is 0.469 e. The van der Waals surface area contributed by atoms with Crippen molar-refractivity contribution in [2.75, 3.05) is 13.7 Å².